The van der Waals surface area contributed by atoms with E-state index in [9.17, 15) is 0 Å². The summed E-state index contributed by atoms with van der Waals surface area (Å²) in [6.07, 6.45) is 0. The average Bonchev–Trinajstić information content (AvgIpc) is 2.85. The van der Waals surface area contributed by atoms with E-state index < -0.39 is 0 Å². The van der Waals surface area contributed by atoms with E-state index in [0.717, 1.165) is 17.0 Å². The lowest BCUT2D eigenvalue weighted by molar-refractivity contribution is 0.155. The third-order valence-electron chi connectivity index (χ3n) is 2.46. The minimum Gasteiger partial charge on any atom is -0.487 e. The highest BCUT2D eigenvalue weighted by molar-refractivity contribution is 5.33. The van der Waals surface area contributed by atoms with Crippen LogP contribution >= 0.6 is 0 Å². The summed E-state index contributed by atoms with van der Waals surface area (Å²) in [5, 5.41) is 3.89. The smallest absolute Gasteiger partial charge is 0.162 e. The molecule has 5 heteroatoms. The maximum atomic E-state index is 5.66. The van der Waals surface area contributed by atoms with Crippen LogP contribution in [0.4, 0.5) is 0 Å². The molecule has 0 unspecified atom stereocenters. The predicted molar refractivity (Wildman–Crippen MR) is 65.9 cm³/mol. The van der Waals surface area contributed by atoms with Gasteiger partial charge in [-0.25, -0.2) is 0 Å². The second-order valence-electron chi connectivity index (χ2n) is 3.82. The fraction of sp³-hybridized carbons (Fsp3) is 0.308. The molecule has 1 aromatic heterocycles. The molecule has 0 radical (unpaired) electrons. The van der Waals surface area contributed by atoms with E-state index in [4.69, 9.17) is 19.7 Å². The number of hydrogen-bond donors (Lipinski definition) is 1. The highest BCUT2D eigenvalue weighted by atomic mass is 16.5. The number of aromatic nitrogens is 1. The molecule has 2 aromatic rings. The van der Waals surface area contributed by atoms with Gasteiger partial charge in [0.15, 0.2) is 5.76 Å². The molecule has 0 aliphatic heterocycles. The molecule has 96 valence electrons. The number of nitrogens with zero attached hydrogens (tertiary/aromatic N) is 1. The number of para-hydroxylation sites is 1. The van der Waals surface area contributed by atoms with E-state index in [0.29, 0.717) is 25.5 Å². The maximum Gasteiger partial charge on any atom is 0.162 e. The van der Waals surface area contributed by atoms with Crippen molar-refractivity contribution in [3.63, 3.8) is 0 Å². The zero-order valence-electron chi connectivity index (χ0n) is 10.3. The molecule has 0 aliphatic carbocycles. The lowest BCUT2D eigenvalue weighted by atomic mass is 10.2. The molecule has 18 heavy (non-hydrogen) atoms. The second-order valence-corrected chi connectivity index (χ2v) is 3.82. The number of rotatable bonds is 6. The number of methoxy groups -OCH3 is 1. The fourth-order valence-corrected chi connectivity index (χ4v) is 1.60. The highest BCUT2D eigenvalue weighted by Crippen LogP contribution is 2.18. The van der Waals surface area contributed by atoms with Gasteiger partial charge < -0.3 is 19.7 Å². The van der Waals surface area contributed by atoms with Gasteiger partial charge in [-0.3, -0.25) is 0 Å². The third-order valence-corrected chi connectivity index (χ3v) is 2.46. The molecule has 0 amide bonds. The first kappa shape index (κ1) is 12.6. The lowest BCUT2D eigenvalue weighted by Crippen LogP contribution is -2.02. The molecule has 1 heterocycles. The molecule has 0 saturated heterocycles. The van der Waals surface area contributed by atoms with E-state index in [1.54, 1.807) is 7.11 Å². The topological polar surface area (TPSA) is 70.5 Å². The molecule has 0 aliphatic rings. The number of hydrogen-bond acceptors (Lipinski definition) is 5. The van der Waals surface area contributed by atoms with Crippen LogP contribution in [0.3, 0.4) is 0 Å². The minimum atomic E-state index is 0.351. The highest BCUT2D eigenvalue weighted by Gasteiger charge is 2.06. The Morgan fingerprint density at radius 3 is 2.89 bits per heavy atom. The molecule has 5 nitrogen and oxygen atoms in total. The van der Waals surface area contributed by atoms with Crippen molar-refractivity contribution in [3.05, 3.63) is 47.3 Å². The molecular weight excluding hydrogens is 232 g/mol. The Morgan fingerprint density at radius 1 is 1.28 bits per heavy atom. The van der Waals surface area contributed by atoms with E-state index in [-0.39, 0.29) is 0 Å². The molecule has 2 rings (SSSR count). The molecule has 2 N–H and O–H groups in total. The van der Waals surface area contributed by atoms with E-state index in [1.807, 2.05) is 30.3 Å². The Morgan fingerprint density at radius 2 is 2.11 bits per heavy atom. The normalized spacial score (nSPS) is 10.6. The van der Waals surface area contributed by atoms with E-state index in [1.165, 1.54) is 0 Å². The molecule has 0 saturated carbocycles. The quantitative estimate of drug-likeness (QED) is 0.844. The molecular formula is C13H16N2O3. The van der Waals surface area contributed by atoms with Crippen molar-refractivity contribution in [1.82, 2.24) is 5.16 Å². The second kappa shape index (κ2) is 6.18. The molecule has 0 spiro atoms. The van der Waals surface area contributed by atoms with Crippen LogP contribution in [0.5, 0.6) is 5.75 Å². The lowest BCUT2D eigenvalue weighted by Gasteiger charge is -2.08. The van der Waals surface area contributed by atoms with Crippen molar-refractivity contribution >= 4 is 0 Å². The summed E-state index contributed by atoms with van der Waals surface area (Å²) in [5.74, 6) is 1.46. The Kier molecular flexibility index (Phi) is 4.33. The van der Waals surface area contributed by atoms with Gasteiger partial charge in [-0.15, -0.1) is 0 Å². The van der Waals surface area contributed by atoms with E-state index in [2.05, 4.69) is 5.16 Å². The van der Waals surface area contributed by atoms with Crippen LogP contribution in [0, 0.1) is 0 Å². The van der Waals surface area contributed by atoms with Crippen molar-refractivity contribution in [2.24, 2.45) is 5.73 Å². The zero-order valence-corrected chi connectivity index (χ0v) is 10.3. The van der Waals surface area contributed by atoms with Crippen LogP contribution in [0.25, 0.3) is 0 Å². The van der Waals surface area contributed by atoms with Crippen LogP contribution in [-0.4, -0.2) is 12.3 Å². The number of nitrogens with two attached hydrogens (primary N) is 1. The third kappa shape index (κ3) is 3.09. The standard InChI is InChI=1S/C13H16N2O3/c1-16-9-12-6-11(15-18-12)8-17-13-5-3-2-4-10(13)7-14/h2-6H,7-9,14H2,1H3. The first-order valence-corrected chi connectivity index (χ1v) is 5.67. The zero-order chi connectivity index (χ0) is 12.8. The summed E-state index contributed by atoms with van der Waals surface area (Å²) in [5.41, 5.74) is 7.33. The predicted octanol–water partition coefficient (Wildman–Crippen LogP) is 1.86. The van der Waals surface area contributed by atoms with Gasteiger partial charge in [0.05, 0.1) is 0 Å². The van der Waals surface area contributed by atoms with Crippen LogP contribution < -0.4 is 10.5 Å². The Hall–Kier alpha value is -1.85. The fourth-order valence-electron chi connectivity index (χ4n) is 1.60. The summed E-state index contributed by atoms with van der Waals surface area (Å²) in [7, 11) is 1.61. The van der Waals surface area contributed by atoms with Gasteiger partial charge in [-0.1, -0.05) is 23.4 Å². The Balaban J connectivity index is 1.97. The molecule has 1 aromatic carbocycles. The van der Waals surface area contributed by atoms with Crippen molar-refractivity contribution in [3.8, 4) is 5.75 Å². The van der Waals surface area contributed by atoms with Crippen molar-refractivity contribution in [1.29, 1.82) is 0 Å². The van der Waals surface area contributed by atoms with Crippen LogP contribution in [0.15, 0.2) is 34.9 Å². The minimum absolute atomic E-state index is 0.351. The Bertz CT molecular complexity index is 496. The summed E-state index contributed by atoms with van der Waals surface area (Å²) in [6, 6.07) is 9.48. The van der Waals surface area contributed by atoms with Gasteiger partial charge in [0.2, 0.25) is 0 Å². The van der Waals surface area contributed by atoms with Gasteiger partial charge in [0.25, 0.3) is 0 Å². The van der Waals surface area contributed by atoms with Crippen molar-refractivity contribution < 1.29 is 14.0 Å². The molecule has 0 bridgehead atoms. The first-order valence-electron chi connectivity index (χ1n) is 5.67. The number of ether oxygens (including phenoxy) is 2. The molecule has 0 fully saturated rings. The first-order chi connectivity index (χ1) is 8.83. The number of benzene rings is 1. The summed E-state index contributed by atoms with van der Waals surface area (Å²) in [6.45, 7) is 1.21. The van der Waals surface area contributed by atoms with Crippen molar-refractivity contribution in [2.75, 3.05) is 7.11 Å². The van der Waals surface area contributed by atoms with Crippen LogP contribution in [0.1, 0.15) is 17.0 Å². The van der Waals surface area contributed by atoms with Gasteiger partial charge in [0, 0.05) is 25.3 Å². The van der Waals surface area contributed by atoms with Gasteiger partial charge in [0.1, 0.15) is 24.7 Å². The monoisotopic (exact) mass is 248 g/mol. The largest absolute Gasteiger partial charge is 0.487 e. The van der Waals surface area contributed by atoms with Gasteiger partial charge >= 0.3 is 0 Å². The van der Waals surface area contributed by atoms with Crippen LogP contribution in [0.2, 0.25) is 0 Å². The van der Waals surface area contributed by atoms with Gasteiger partial charge in [-0.2, -0.15) is 0 Å². The van der Waals surface area contributed by atoms with E-state index >= 15 is 0 Å². The maximum absolute atomic E-state index is 5.66. The molecule has 0 atom stereocenters. The Labute approximate surface area is 105 Å². The van der Waals surface area contributed by atoms with Crippen molar-refractivity contribution in [2.45, 2.75) is 19.8 Å². The van der Waals surface area contributed by atoms with Crippen LogP contribution in [-0.2, 0) is 24.5 Å². The SMILES string of the molecule is COCc1cc(COc2ccccc2CN)no1. The van der Waals surface area contributed by atoms with Gasteiger partial charge in [-0.05, 0) is 6.07 Å². The average molecular weight is 248 g/mol. The summed E-state index contributed by atoms with van der Waals surface area (Å²) < 4.78 is 15.7. The summed E-state index contributed by atoms with van der Waals surface area (Å²) >= 11 is 0. The summed E-state index contributed by atoms with van der Waals surface area (Å²) in [4.78, 5) is 0.